The zero-order chi connectivity index (χ0) is 19.1. The number of nitrogens with zero attached hydrogens (tertiary/aromatic N) is 3. The summed E-state index contributed by atoms with van der Waals surface area (Å²) in [5.41, 5.74) is 5.07. The second-order valence-corrected chi connectivity index (χ2v) is 8.50. The van der Waals surface area contributed by atoms with Crippen molar-refractivity contribution in [3.8, 4) is 0 Å². The van der Waals surface area contributed by atoms with Gasteiger partial charge in [-0.05, 0) is 23.6 Å². The molecule has 1 aromatic heterocycles. The van der Waals surface area contributed by atoms with Gasteiger partial charge in [0.25, 0.3) is 0 Å². The molecule has 1 amide bonds. The van der Waals surface area contributed by atoms with Crippen molar-refractivity contribution in [2.45, 2.75) is 24.6 Å². The van der Waals surface area contributed by atoms with Gasteiger partial charge in [-0.15, -0.1) is 11.3 Å². The first-order valence-electron chi connectivity index (χ1n) is 9.66. The quantitative estimate of drug-likeness (QED) is 0.685. The van der Waals surface area contributed by atoms with Crippen molar-refractivity contribution >= 4 is 27.5 Å². The van der Waals surface area contributed by atoms with Crippen LogP contribution in [0.4, 0.5) is 0 Å². The Morgan fingerprint density at radius 2 is 2.07 bits per heavy atom. The fraction of sp³-hybridized carbons (Fsp3) is 0.364. The summed E-state index contributed by atoms with van der Waals surface area (Å²) in [6.45, 7) is 2.76. The van der Waals surface area contributed by atoms with Gasteiger partial charge in [0.2, 0.25) is 5.91 Å². The molecule has 0 N–H and O–H groups in total. The lowest BCUT2D eigenvalue weighted by atomic mass is 9.76. The number of hydrogen-bond acceptors (Lipinski definition) is 5. The van der Waals surface area contributed by atoms with Gasteiger partial charge < -0.3 is 9.64 Å². The molecule has 3 heterocycles. The number of likely N-dealkylation sites (N-methyl/N-ethyl adjacent to an activating group) is 1. The van der Waals surface area contributed by atoms with E-state index in [0.717, 1.165) is 31.6 Å². The minimum atomic E-state index is -0.385. The molecule has 0 saturated carbocycles. The molecule has 2 saturated heterocycles. The lowest BCUT2D eigenvalue weighted by molar-refractivity contribution is -0.183. The summed E-state index contributed by atoms with van der Waals surface area (Å²) in [6.07, 6.45) is 0.829. The van der Waals surface area contributed by atoms with Gasteiger partial charge in [0, 0.05) is 26.7 Å². The van der Waals surface area contributed by atoms with Crippen molar-refractivity contribution < 1.29 is 9.53 Å². The lowest BCUT2D eigenvalue weighted by Crippen LogP contribution is -2.66. The fourth-order valence-corrected chi connectivity index (χ4v) is 5.53. The number of morpholine rings is 1. The first-order valence-corrected chi connectivity index (χ1v) is 10.5. The van der Waals surface area contributed by atoms with E-state index in [1.54, 1.807) is 11.3 Å². The summed E-state index contributed by atoms with van der Waals surface area (Å²) in [4.78, 5) is 21.3. The van der Waals surface area contributed by atoms with E-state index in [4.69, 9.17) is 4.74 Å². The fourth-order valence-electron chi connectivity index (χ4n) is 4.74. The first-order chi connectivity index (χ1) is 13.7. The number of carbonyl (C=O) groups is 1. The number of thiazole rings is 1. The molecule has 2 atom stereocenters. The Morgan fingerprint density at radius 3 is 2.93 bits per heavy atom. The highest BCUT2D eigenvalue weighted by Crippen LogP contribution is 2.42. The van der Waals surface area contributed by atoms with Crippen LogP contribution in [0.2, 0.25) is 0 Å². The van der Waals surface area contributed by atoms with Crippen molar-refractivity contribution in [3.05, 3.63) is 65.2 Å². The van der Waals surface area contributed by atoms with E-state index in [9.17, 15) is 4.79 Å². The molecule has 0 aliphatic carbocycles. The molecule has 5 nitrogen and oxygen atoms in total. The molecule has 5 rings (SSSR count). The highest BCUT2D eigenvalue weighted by Gasteiger charge is 2.52. The van der Waals surface area contributed by atoms with E-state index >= 15 is 0 Å². The van der Waals surface area contributed by atoms with E-state index in [1.807, 2.05) is 35.7 Å². The molecular weight excluding hydrogens is 370 g/mol. The van der Waals surface area contributed by atoms with Gasteiger partial charge in [-0.25, -0.2) is 4.98 Å². The third kappa shape index (κ3) is 2.75. The Morgan fingerprint density at radius 1 is 1.21 bits per heavy atom. The minimum absolute atomic E-state index is 0.0352. The summed E-state index contributed by atoms with van der Waals surface area (Å²) >= 11 is 1.70. The number of likely N-dealkylation sites (tertiary alicyclic amines) is 1. The van der Waals surface area contributed by atoms with Gasteiger partial charge in [0.05, 0.1) is 27.4 Å². The molecule has 6 heteroatoms. The van der Waals surface area contributed by atoms with Crippen molar-refractivity contribution in [2.24, 2.45) is 0 Å². The van der Waals surface area contributed by atoms with Gasteiger partial charge in [0.1, 0.15) is 6.61 Å². The summed E-state index contributed by atoms with van der Waals surface area (Å²) in [6, 6.07) is 16.7. The Kier molecular flexibility index (Phi) is 4.42. The van der Waals surface area contributed by atoms with Crippen LogP contribution in [0.3, 0.4) is 0 Å². The summed E-state index contributed by atoms with van der Waals surface area (Å²) in [5.74, 6) is 0.0583. The van der Waals surface area contributed by atoms with Crippen molar-refractivity contribution in [3.63, 3.8) is 0 Å². The van der Waals surface area contributed by atoms with Gasteiger partial charge in [-0.2, -0.15) is 0 Å². The third-order valence-corrected chi connectivity index (χ3v) is 7.17. The maximum Gasteiger partial charge on any atom is 0.249 e. The van der Waals surface area contributed by atoms with Crippen LogP contribution in [0.15, 0.2) is 54.0 Å². The number of rotatable bonds is 3. The zero-order valence-corrected chi connectivity index (χ0v) is 16.7. The van der Waals surface area contributed by atoms with Crippen LogP contribution in [0.25, 0.3) is 10.2 Å². The normalized spacial score (nSPS) is 25.8. The maximum atomic E-state index is 12.5. The molecule has 28 heavy (non-hydrogen) atoms. The Bertz CT molecular complexity index is 1010. The van der Waals surface area contributed by atoms with Crippen LogP contribution >= 0.6 is 11.3 Å². The van der Waals surface area contributed by atoms with Crippen LogP contribution in [-0.4, -0.2) is 53.5 Å². The highest BCUT2D eigenvalue weighted by molar-refractivity contribution is 7.16. The van der Waals surface area contributed by atoms with Gasteiger partial charge >= 0.3 is 0 Å². The average Bonchev–Trinajstić information content (AvgIpc) is 3.22. The van der Waals surface area contributed by atoms with Gasteiger partial charge in [-0.1, -0.05) is 42.5 Å². The molecule has 0 spiro atoms. The molecule has 2 fully saturated rings. The third-order valence-electron chi connectivity index (χ3n) is 6.25. The predicted molar refractivity (Wildman–Crippen MR) is 110 cm³/mol. The summed E-state index contributed by atoms with van der Waals surface area (Å²) in [7, 11) is 1.93. The van der Waals surface area contributed by atoms with E-state index < -0.39 is 0 Å². The molecule has 144 valence electrons. The topological polar surface area (TPSA) is 45.7 Å². The van der Waals surface area contributed by atoms with E-state index in [2.05, 4.69) is 40.2 Å². The standard InChI is InChI=1S/C22H23N3O2S/c1-24-20(26)14-27-19-13-25(11-10-22(19,24)17-7-3-2-4-8-17)12-16-6-5-9-18-21(16)28-15-23-18/h2-9,15,19H,10-14H2,1H3/t19-,22+/m1/s1. The average molecular weight is 394 g/mol. The van der Waals surface area contributed by atoms with Gasteiger partial charge in [0.15, 0.2) is 0 Å². The van der Waals surface area contributed by atoms with E-state index in [0.29, 0.717) is 0 Å². The number of piperidine rings is 1. The van der Waals surface area contributed by atoms with Crippen molar-refractivity contribution in [1.82, 2.24) is 14.8 Å². The Hall–Kier alpha value is -2.28. The summed E-state index contributed by atoms with van der Waals surface area (Å²) < 4.78 is 7.38. The van der Waals surface area contributed by atoms with Gasteiger partial charge in [-0.3, -0.25) is 9.69 Å². The Labute approximate surface area is 168 Å². The molecule has 2 aromatic carbocycles. The molecule has 3 aromatic rings. The highest BCUT2D eigenvalue weighted by atomic mass is 32.1. The van der Waals surface area contributed by atoms with Crippen LogP contribution < -0.4 is 0 Å². The largest absolute Gasteiger partial charge is 0.364 e. The van der Waals surface area contributed by atoms with Crippen LogP contribution in [0.5, 0.6) is 0 Å². The molecule has 2 aliphatic rings. The van der Waals surface area contributed by atoms with Crippen LogP contribution in [-0.2, 0) is 21.6 Å². The number of fused-ring (bicyclic) bond motifs is 2. The van der Waals surface area contributed by atoms with Crippen molar-refractivity contribution in [2.75, 3.05) is 26.7 Å². The predicted octanol–water partition coefficient (Wildman–Crippen LogP) is 3.25. The summed E-state index contributed by atoms with van der Waals surface area (Å²) in [5, 5.41) is 0. The molecule has 0 bridgehead atoms. The van der Waals surface area contributed by atoms with Crippen molar-refractivity contribution in [1.29, 1.82) is 0 Å². The lowest BCUT2D eigenvalue weighted by Gasteiger charge is -2.55. The number of ether oxygens (including phenoxy) is 1. The number of carbonyl (C=O) groups excluding carboxylic acids is 1. The monoisotopic (exact) mass is 393 g/mol. The number of hydrogen-bond donors (Lipinski definition) is 0. The maximum absolute atomic E-state index is 12.5. The number of amides is 1. The second-order valence-electron chi connectivity index (χ2n) is 7.65. The Balaban J connectivity index is 1.44. The molecule has 0 unspecified atom stereocenters. The first kappa shape index (κ1) is 17.8. The molecule has 2 aliphatic heterocycles. The number of aromatic nitrogens is 1. The molecular formula is C22H23N3O2S. The number of benzene rings is 2. The smallest absolute Gasteiger partial charge is 0.249 e. The van der Waals surface area contributed by atoms with E-state index in [-0.39, 0.29) is 24.2 Å². The SMILES string of the molecule is CN1C(=O)CO[C@@H]2CN(Cc3cccc4ncsc34)CC[C@]21c1ccccc1. The minimum Gasteiger partial charge on any atom is -0.364 e. The van der Waals surface area contributed by atoms with Crippen LogP contribution in [0, 0.1) is 0 Å². The zero-order valence-electron chi connectivity index (χ0n) is 15.9. The van der Waals surface area contributed by atoms with Crippen LogP contribution in [0.1, 0.15) is 17.5 Å². The molecule has 0 radical (unpaired) electrons. The van der Waals surface area contributed by atoms with E-state index in [1.165, 1.54) is 15.8 Å². The second kappa shape index (κ2) is 6.95.